The van der Waals surface area contributed by atoms with Crippen LogP contribution in [0.5, 0.6) is 0 Å². The van der Waals surface area contributed by atoms with Crippen LogP contribution in [0, 0.1) is 0 Å². The van der Waals surface area contributed by atoms with Crippen LogP contribution in [0.15, 0.2) is 28.7 Å². The van der Waals surface area contributed by atoms with Gasteiger partial charge in [-0.25, -0.2) is 18.4 Å². The molecule has 39 heavy (non-hydrogen) atoms. The third-order valence-electron chi connectivity index (χ3n) is 6.82. The first kappa shape index (κ1) is 26.1. The molecular weight excluding hydrogens is 542 g/mol. The van der Waals surface area contributed by atoms with Gasteiger partial charge in [-0.2, -0.15) is 9.29 Å². The first-order valence-corrected chi connectivity index (χ1v) is 15.4. The molecule has 6 rings (SSSR count). The third-order valence-corrected chi connectivity index (χ3v) is 9.23. The Hall–Kier alpha value is -3.17. The number of thiophene rings is 1. The van der Waals surface area contributed by atoms with Gasteiger partial charge in [0.2, 0.25) is 15.9 Å². The summed E-state index contributed by atoms with van der Waals surface area (Å²) in [6.07, 6.45) is 1.26. The Morgan fingerprint density at radius 3 is 2.51 bits per heavy atom. The van der Waals surface area contributed by atoms with E-state index >= 15 is 0 Å². The summed E-state index contributed by atoms with van der Waals surface area (Å²) in [5.41, 5.74) is 2.82. The first-order valence-electron chi connectivity index (χ1n) is 12.7. The van der Waals surface area contributed by atoms with Crippen molar-refractivity contribution in [1.82, 2.24) is 24.2 Å². The SMILES string of the molecule is CC(=O)Nc1nc2ccc(-c3nc(N4CCOCC4)c4sc(CN5CCN(S(C)(=O)=O)CC5)cc4n3)cc2o1. The lowest BCUT2D eigenvalue weighted by Crippen LogP contribution is -2.47. The Labute approximate surface area is 229 Å². The Bertz CT molecular complexity index is 1640. The zero-order chi connectivity index (χ0) is 27.1. The van der Waals surface area contributed by atoms with E-state index in [0.717, 1.165) is 46.1 Å². The largest absolute Gasteiger partial charge is 0.423 e. The van der Waals surface area contributed by atoms with Gasteiger partial charge in [0.1, 0.15) is 5.52 Å². The fourth-order valence-corrected chi connectivity index (χ4v) is 6.85. The van der Waals surface area contributed by atoms with Gasteiger partial charge in [-0.15, -0.1) is 11.3 Å². The molecule has 2 saturated heterocycles. The molecule has 1 amide bonds. The summed E-state index contributed by atoms with van der Waals surface area (Å²) in [4.78, 5) is 31.3. The van der Waals surface area contributed by atoms with Crippen LogP contribution in [-0.2, 0) is 26.1 Å². The van der Waals surface area contributed by atoms with E-state index < -0.39 is 10.0 Å². The van der Waals surface area contributed by atoms with Gasteiger partial charge in [0.25, 0.3) is 0 Å². The summed E-state index contributed by atoms with van der Waals surface area (Å²) >= 11 is 1.68. The molecule has 1 N–H and O–H groups in total. The highest BCUT2D eigenvalue weighted by atomic mass is 32.2. The zero-order valence-electron chi connectivity index (χ0n) is 21.7. The van der Waals surface area contributed by atoms with Crippen molar-refractivity contribution in [3.8, 4) is 11.4 Å². The van der Waals surface area contributed by atoms with E-state index in [1.54, 1.807) is 11.3 Å². The van der Waals surface area contributed by atoms with Crippen LogP contribution in [0.3, 0.4) is 0 Å². The van der Waals surface area contributed by atoms with Gasteiger partial charge in [-0.05, 0) is 24.3 Å². The van der Waals surface area contributed by atoms with E-state index in [2.05, 4.69) is 26.2 Å². The second kappa shape index (κ2) is 10.4. The Balaban J connectivity index is 1.33. The summed E-state index contributed by atoms with van der Waals surface area (Å²) in [5.74, 6) is 1.21. The van der Waals surface area contributed by atoms with E-state index in [4.69, 9.17) is 19.1 Å². The zero-order valence-corrected chi connectivity index (χ0v) is 23.3. The number of hydrogen-bond acceptors (Lipinski definition) is 11. The number of benzene rings is 1. The standard InChI is InChI=1S/C25H29N7O5S2/c1-16(33)26-25-28-19-4-3-17(13-21(19)37-25)23-27-20-14-18(15-30-5-7-32(8-6-30)39(2,34)35)38-22(20)24(29-23)31-9-11-36-12-10-31/h3-4,13-14H,5-12,15H2,1-2H3,(H,26,28,33). The monoisotopic (exact) mass is 571 g/mol. The predicted octanol–water partition coefficient (Wildman–Crippen LogP) is 2.37. The lowest BCUT2D eigenvalue weighted by atomic mass is 10.2. The molecule has 0 bridgehead atoms. The second-order valence-corrected chi connectivity index (χ2v) is 12.8. The van der Waals surface area contributed by atoms with Crippen molar-refractivity contribution in [2.45, 2.75) is 13.5 Å². The highest BCUT2D eigenvalue weighted by Crippen LogP contribution is 2.36. The molecule has 2 aliphatic heterocycles. The third kappa shape index (κ3) is 5.61. The maximum atomic E-state index is 11.9. The molecule has 12 nitrogen and oxygen atoms in total. The molecule has 0 aliphatic carbocycles. The molecule has 4 aromatic rings. The molecule has 0 saturated carbocycles. The van der Waals surface area contributed by atoms with Gasteiger partial charge in [0, 0.05) is 63.2 Å². The van der Waals surface area contributed by atoms with E-state index in [1.807, 2.05) is 18.2 Å². The minimum atomic E-state index is -3.16. The highest BCUT2D eigenvalue weighted by Gasteiger charge is 2.25. The van der Waals surface area contributed by atoms with E-state index in [1.165, 1.54) is 17.5 Å². The van der Waals surface area contributed by atoms with Crippen LogP contribution in [0.2, 0.25) is 0 Å². The van der Waals surface area contributed by atoms with Crippen LogP contribution in [0.4, 0.5) is 11.8 Å². The Kier molecular flexibility index (Phi) is 6.97. The number of morpholine rings is 1. The van der Waals surface area contributed by atoms with Crippen molar-refractivity contribution in [1.29, 1.82) is 0 Å². The number of rotatable bonds is 6. The number of piperazine rings is 1. The normalized spacial score (nSPS) is 17.7. The summed E-state index contributed by atoms with van der Waals surface area (Å²) in [5, 5.41) is 2.57. The molecule has 206 valence electrons. The number of nitrogens with one attached hydrogen (secondary N) is 1. The number of hydrogen-bond donors (Lipinski definition) is 1. The minimum Gasteiger partial charge on any atom is -0.423 e. The molecule has 0 spiro atoms. The lowest BCUT2D eigenvalue weighted by Gasteiger charge is -2.32. The van der Waals surface area contributed by atoms with Gasteiger partial charge in [-0.3, -0.25) is 15.0 Å². The average molecular weight is 572 g/mol. The minimum absolute atomic E-state index is 0.153. The number of oxazole rings is 1. The van der Waals surface area contributed by atoms with Gasteiger partial charge in [-0.1, -0.05) is 0 Å². The number of carbonyl (C=O) groups is 1. The fourth-order valence-electron chi connectivity index (χ4n) is 4.87. The predicted molar refractivity (Wildman–Crippen MR) is 149 cm³/mol. The van der Waals surface area contributed by atoms with Gasteiger partial charge < -0.3 is 14.1 Å². The molecule has 1 aromatic carbocycles. The summed E-state index contributed by atoms with van der Waals surface area (Å²) in [7, 11) is -3.16. The van der Waals surface area contributed by atoms with Crippen LogP contribution < -0.4 is 10.2 Å². The molecule has 14 heteroatoms. The lowest BCUT2D eigenvalue weighted by molar-refractivity contribution is -0.114. The summed E-state index contributed by atoms with van der Waals surface area (Å²) in [6, 6.07) is 7.84. The molecule has 0 unspecified atom stereocenters. The van der Waals surface area contributed by atoms with Crippen LogP contribution in [-0.4, -0.2) is 97.2 Å². The maximum Gasteiger partial charge on any atom is 0.302 e. The molecule has 2 fully saturated rings. The smallest absolute Gasteiger partial charge is 0.302 e. The Morgan fingerprint density at radius 2 is 1.79 bits per heavy atom. The molecule has 5 heterocycles. The average Bonchev–Trinajstić information content (AvgIpc) is 3.50. The Morgan fingerprint density at radius 1 is 1.03 bits per heavy atom. The number of aromatic nitrogens is 3. The van der Waals surface area contributed by atoms with Crippen molar-refractivity contribution in [2.75, 3.05) is 69.0 Å². The molecule has 3 aromatic heterocycles. The molecule has 2 aliphatic rings. The topological polar surface area (TPSA) is 134 Å². The fraction of sp³-hybridized carbons (Fsp3) is 0.440. The van der Waals surface area contributed by atoms with Gasteiger partial charge >= 0.3 is 6.01 Å². The van der Waals surface area contributed by atoms with Crippen LogP contribution >= 0.6 is 11.3 Å². The maximum absolute atomic E-state index is 11.9. The second-order valence-electron chi connectivity index (χ2n) is 9.72. The number of anilines is 2. The number of nitrogens with zero attached hydrogens (tertiary/aromatic N) is 6. The van der Waals surface area contributed by atoms with Crippen molar-refractivity contribution in [3.05, 3.63) is 29.1 Å². The number of fused-ring (bicyclic) bond motifs is 2. The summed E-state index contributed by atoms with van der Waals surface area (Å²) in [6.45, 7) is 7.27. The quantitative estimate of drug-likeness (QED) is 0.368. The molecule has 0 atom stereocenters. The van der Waals surface area contributed by atoms with Gasteiger partial charge in [0.05, 0.1) is 29.7 Å². The van der Waals surface area contributed by atoms with Crippen molar-refractivity contribution >= 4 is 60.4 Å². The number of carbonyl (C=O) groups excluding carboxylic acids is 1. The number of ether oxygens (including phenoxy) is 1. The van der Waals surface area contributed by atoms with Crippen LogP contribution in [0.25, 0.3) is 32.7 Å². The van der Waals surface area contributed by atoms with Gasteiger partial charge in [0.15, 0.2) is 17.2 Å². The highest BCUT2D eigenvalue weighted by molar-refractivity contribution is 7.88. The number of sulfonamides is 1. The van der Waals surface area contributed by atoms with E-state index in [-0.39, 0.29) is 11.9 Å². The van der Waals surface area contributed by atoms with E-state index in [9.17, 15) is 13.2 Å². The summed E-state index contributed by atoms with van der Waals surface area (Å²) < 4.78 is 37.6. The van der Waals surface area contributed by atoms with Crippen LogP contribution in [0.1, 0.15) is 11.8 Å². The molecular formula is C25H29N7O5S2. The van der Waals surface area contributed by atoms with Crippen molar-refractivity contribution in [3.63, 3.8) is 0 Å². The van der Waals surface area contributed by atoms with E-state index in [0.29, 0.717) is 56.3 Å². The number of amides is 1. The molecule has 0 radical (unpaired) electrons. The van der Waals surface area contributed by atoms with Crippen molar-refractivity contribution in [2.24, 2.45) is 0 Å². The van der Waals surface area contributed by atoms with Crippen molar-refractivity contribution < 1.29 is 22.4 Å². The first-order chi connectivity index (χ1) is 18.7.